The van der Waals surface area contributed by atoms with E-state index in [1.807, 2.05) is 4.90 Å². The Morgan fingerprint density at radius 3 is 2.17 bits per heavy atom. The van der Waals surface area contributed by atoms with Crippen molar-refractivity contribution in [2.45, 2.75) is 25.0 Å². The summed E-state index contributed by atoms with van der Waals surface area (Å²) in [6.07, 6.45) is 1.99. The topological polar surface area (TPSA) is 49.5 Å². The molecule has 1 aliphatic carbocycles. The van der Waals surface area contributed by atoms with Crippen molar-refractivity contribution in [2.24, 2.45) is 0 Å². The van der Waals surface area contributed by atoms with Crippen molar-refractivity contribution < 1.29 is 14.6 Å². The van der Waals surface area contributed by atoms with Crippen LogP contribution in [0.2, 0.25) is 0 Å². The van der Waals surface area contributed by atoms with Gasteiger partial charge in [-0.15, -0.1) is 0 Å². The van der Waals surface area contributed by atoms with Gasteiger partial charge in [0.25, 0.3) is 0 Å². The molecule has 2 atom stereocenters. The van der Waals surface area contributed by atoms with Gasteiger partial charge < -0.3 is 9.84 Å². The number of rotatable bonds is 5. The third kappa shape index (κ3) is 2.95. The molecule has 1 N–H and O–H groups in total. The lowest BCUT2D eigenvalue weighted by molar-refractivity contribution is -0.137. The third-order valence-electron chi connectivity index (χ3n) is 5.00. The fraction of sp³-hybridized carbons (Fsp3) is 0.350. The molecule has 0 bridgehead atoms. The van der Waals surface area contributed by atoms with E-state index in [0.29, 0.717) is 19.7 Å². The molecule has 4 rings (SSSR count). The molecule has 0 spiro atoms. The van der Waals surface area contributed by atoms with Crippen LogP contribution in [0.5, 0.6) is 0 Å². The van der Waals surface area contributed by atoms with Gasteiger partial charge in [0.1, 0.15) is 12.1 Å². The first-order valence-electron chi connectivity index (χ1n) is 8.48. The molecule has 4 nitrogen and oxygen atoms in total. The lowest BCUT2D eigenvalue weighted by Gasteiger charge is -2.21. The summed E-state index contributed by atoms with van der Waals surface area (Å²) < 4.78 is 6.26. The summed E-state index contributed by atoms with van der Waals surface area (Å²) >= 11 is 0. The first kappa shape index (κ1) is 15.4. The average molecular weight is 323 g/mol. The zero-order valence-electron chi connectivity index (χ0n) is 13.5. The number of benzene rings is 2. The van der Waals surface area contributed by atoms with E-state index in [9.17, 15) is 4.79 Å². The fourth-order valence-electron chi connectivity index (χ4n) is 3.60. The monoisotopic (exact) mass is 323 g/mol. The van der Waals surface area contributed by atoms with E-state index in [-0.39, 0.29) is 12.1 Å². The SMILES string of the molecule is O=C(O)C1CN1CCOC1c2ccccc2CCc2ccccc21. The molecular weight excluding hydrogens is 302 g/mol. The molecule has 2 aromatic rings. The molecule has 0 saturated carbocycles. The molecule has 124 valence electrons. The predicted octanol–water partition coefficient (Wildman–Crippen LogP) is 2.66. The predicted molar refractivity (Wildman–Crippen MR) is 91.1 cm³/mol. The van der Waals surface area contributed by atoms with E-state index in [1.165, 1.54) is 22.3 Å². The first-order valence-corrected chi connectivity index (χ1v) is 8.48. The molecule has 4 heteroatoms. The number of aliphatic carboxylic acids is 1. The van der Waals surface area contributed by atoms with E-state index >= 15 is 0 Å². The Morgan fingerprint density at radius 1 is 1.04 bits per heavy atom. The van der Waals surface area contributed by atoms with Gasteiger partial charge in [-0.1, -0.05) is 48.5 Å². The van der Waals surface area contributed by atoms with Gasteiger partial charge in [-0.25, -0.2) is 0 Å². The van der Waals surface area contributed by atoms with Gasteiger partial charge in [-0.2, -0.15) is 0 Å². The second-order valence-corrected chi connectivity index (χ2v) is 6.50. The zero-order valence-corrected chi connectivity index (χ0v) is 13.5. The van der Waals surface area contributed by atoms with Gasteiger partial charge in [0.2, 0.25) is 0 Å². The number of fused-ring (bicyclic) bond motifs is 2. The van der Waals surface area contributed by atoms with Crippen LogP contribution in [-0.4, -0.2) is 41.7 Å². The Kier molecular flexibility index (Phi) is 4.08. The third-order valence-corrected chi connectivity index (χ3v) is 5.00. The maximum atomic E-state index is 10.9. The number of nitrogens with zero attached hydrogens (tertiary/aromatic N) is 1. The van der Waals surface area contributed by atoms with Crippen molar-refractivity contribution in [3.63, 3.8) is 0 Å². The van der Waals surface area contributed by atoms with Gasteiger partial charge in [0, 0.05) is 13.1 Å². The number of carboxylic acids is 1. The summed E-state index contributed by atoms with van der Waals surface area (Å²) in [5.41, 5.74) is 5.16. The number of aryl methyl sites for hydroxylation is 2. The Bertz CT molecular complexity index is 711. The maximum absolute atomic E-state index is 10.9. The molecule has 1 fully saturated rings. The lowest BCUT2D eigenvalue weighted by Crippen LogP contribution is -2.18. The van der Waals surface area contributed by atoms with E-state index in [0.717, 1.165) is 12.8 Å². The van der Waals surface area contributed by atoms with Crippen molar-refractivity contribution in [1.29, 1.82) is 0 Å². The molecule has 2 unspecified atom stereocenters. The minimum absolute atomic E-state index is 0.0665. The molecule has 24 heavy (non-hydrogen) atoms. The highest BCUT2D eigenvalue weighted by atomic mass is 16.5. The normalized spacial score (nSPS) is 22.3. The van der Waals surface area contributed by atoms with Gasteiger partial charge >= 0.3 is 5.97 Å². The summed E-state index contributed by atoms with van der Waals surface area (Å²) in [6, 6.07) is 16.6. The second-order valence-electron chi connectivity index (χ2n) is 6.50. The van der Waals surface area contributed by atoms with Crippen LogP contribution in [0.1, 0.15) is 28.4 Å². The van der Waals surface area contributed by atoms with Crippen LogP contribution in [0.15, 0.2) is 48.5 Å². The largest absolute Gasteiger partial charge is 0.480 e. The summed E-state index contributed by atoms with van der Waals surface area (Å²) in [5, 5.41) is 8.99. The maximum Gasteiger partial charge on any atom is 0.322 e. The lowest BCUT2D eigenvalue weighted by atomic mass is 9.97. The Morgan fingerprint density at radius 2 is 1.62 bits per heavy atom. The quantitative estimate of drug-likeness (QED) is 0.860. The minimum Gasteiger partial charge on any atom is -0.480 e. The number of hydrogen-bond donors (Lipinski definition) is 1. The van der Waals surface area contributed by atoms with E-state index < -0.39 is 5.97 Å². The van der Waals surface area contributed by atoms with Gasteiger partial charge in [-0.05, 0) is 35.1 Å². The van der Waals surface area contributed by atoms with Crippen molar-refractivity contribution in [1.82, 2.24) is 4.90 Å². The van der Waals surface area contributed by atoms with Crippen molar-refractivity contribution in [3.8, 4) is 0 Å². The van der Waals surface area contributed by atoms with E-state index in [1.54, 1.807) is 0 Å². The van der Waals surface area contributed by atoms with Gasteiger partial charge in [-0.3, -0.25) is 9.69 Å². The number of ether oxygens (including phenoxy) is 1. The van der Waals surface area contributed by atoms with Crippen LogP contribution >= 0.6 is 0 Å². The smallest absolute Gasteiger partial charge is 0.322 e. The Hall–Kier alpha value is -2.17. The summed E-state index contributed by atoms with van der Waals surface area (Å²) in [4.78, 5) is 12.9. The number of carboxylic acid groups (broad SMARTS) is 1. The number of hydrogen-bond acceptors (Lipinski definition) is 3. The zero-order chi connectivity index (χ0) is 16.5. The molecule has 2 aromatic carbocycles. The molecule has 1 saturated heterocycles. The molecule has 1 heterocycles. The van der Waals surface area contributed by atoms with E-state index in [4.69, 9.17) is 9.84 Å². The fourth-order valence-corrected chi connectivity index (χ4v) is 3.60. The van der Waals surface area contributed by atoms with Gasteiger partial charge in [0.15, 0.2) is 0 Å². The summed E-state index contributed by atoms with van der Waals surface area (Å²) in [5.74, 6) is -0.736. The Labute approximate surface area is 141 Å². The van der Waals surface area contributed by atoms with Crippen LogP contribution in [0, 0.1) is 0 Å². The van der Waals surface area contributed by atoms with E-state index in [2.05, 4.69) is 48.5 Å². The minimum atomic E-state index is -0.736. The number of carbonyl (C=O) groups is 1. The highest BCUT2D eigenvalue weighted by molar-refractivity contribution is 5.76. The van der Waals surface area contributed by atoms with Crippen LogP contribution in [-0.2, 0) is 22.4 Å². The molecule has 0 aromatic heterocycles. The van der Waals surface area contributed by atoms with Crippen LogP contribution in [0.3, 0.4) is 0 Å². The van der Waals surface area contributed by atoms with Crippen molar-refractivity contribution in [3.05, 3.63) is 70.8 Å². The first-order chi connectivity index (χ1) is 11.7. The standard InChI is InChI=1S/C20H21NO3/c22-20(23)18-13-21(18)11-12-24-19-16-7-3-1-5-14(16)9-10-15-6-2-4-8-17(15)19/h1-8,18-19H,9-13H2,(H,22,23). The molecule has 0 radical (unpaired) electrons. The van der Waals surface area contributed by atoms with Crippen LogP contribution < -0.4 is 0 Å². The molecule has 1 aliphatic heterocycles. The molecule has 2 aliphatic rings. The summed E-state index contributed by atoms with van der Waals surface area (Å²) in [6.45, 7) is 1.84. The average Bonchev–Trinajstić information content (AvgIpc) is 3.39. The summed E-state index contributed by atoms with van der Waals surface area (Å²) in [7, 11) is 0. The van der Waals surface area contributed by atoms with Gasteiger partial charge in [0.05, 0.1) is 6.61 Å². The van der Waals surface area contributed by atoms with Crippen LogP contribution in [0.4, 0.5) is 0 Å². The van der Waals surface area contributed by atoms with Crippen molar-refractivity contribution in [2.75, 3.05) is 19.7 Å². The second kappa shape index (κ2) is 6.38. The van der Waals surface area contributed by atoms with Crippen LogP contribution in [0.25, 0.3) is 0 Å². The Balaban J connectivity index is 1.53. The van der Waals surface area contributed by atoms with Crippen molar-refractivity contribution >= 4 is 5.97 Å². The molecular formula is C20H21NO3. The highest BCUT2D eigenvalue weighted by Crippen LogP contribution is 2.35. The highest BCUT2D eigenvalue weighted by Gasteiger charge is 2.40. The molecule has 0 amide bonds.